The van der Waals surface area contributed by atoms with Crippen LogP contribution in [0.5, 0.6) is 0 Å². The van der Waals surface area contributed by atoms with E-state index in [0.717, 1.165) is 35.0 Å². The maximum absolute atomic E-state index is 13.0. The maximum Gasteiger partial charge on any atom is 0.241 e. The Morgan fingerprint density at radius 2 is 2.00 bits per heavy atom. The van der Waals surface area contributed by atoms with E-state index in [-0.39, 0.29) is 12.3 Å². The number of rotatable bonds is 5. The highest BCUT2D eigenvalue weighted by atomic mass is 19.3. The van der Waals surface area contributed by atoms with E-state index in [1.54, 1.807) is 23.8 Å². The van der Waals surface area contributed by atoms with Gasteiger partial charge in [0, 0.05) is 53.2 Å². The summed E-state index contributed by atoms with van der Waals surface area (Å²) in [4.78, 5) is 13.3. The molecule has 1 N–H and O–H groups in total. The number of nitrogens with one attached hydrogen (secondary N) is 1. The lowest BCUT2D eigenvalue weighted by Crippen LogP contribution is -2.23. The Balaban J connectivity index is 1.44. The van der Waals surface area contributed by atoms with Gasteiger partial charge in [0.2, 0.25) is 12.4 Å². The zero-order valence-corrected chi connectivity index (χ0v) is 16.9. The van der Waals surface area contributed by atoms with E-state index in [0.29, 0.717) is 23.5 Å². The van der Waals surface area contributed by atoms with Gasteiger partial charge in [-0.25, -0.2) is 28.3 Å². The molecule has 0 spiro atoms. The van der Waals surface area contributed by atoms with Crippen molar-refractivity contribution in [2.45, 2.75) is 63.8 Å². The van der Waals surface area contributed by atoms with Gasteiger partial charge in [0.1, 0.15) is 0 Å². The summed E-state index contributed by atoms with van der Waals surface area (Å²) in [6.45, 7) is 1.79. The second kappa shape index (κ2) is 7.74. The number of aliphatic imine (C=N–C) groups is 1. The van der Waals surface area contributed by atoms with E-state index in [1.807, 2.05) is 18.3 Å². The van der Waals surface area contributed by atoms with Gasteiger partial charge in [-0.2, -0.15) is 0 Å². The smallest absolute Gasteiger partial charge is 0.241 e. The molecule has 0 amide bonds. The molecule has 0 aromatic carbocycles. The minimum Gasteiger partial charge on any atom is -0.350 e. The monoisotopic (exact) mass is 410 g/mol. The molecule has 1 fully saturated rings. The van der Waals surface area contributed by atoms with Crippen LogP contribution in [0.2, 0.25) is 0 Å². The zero-order chi connectivity index (χ0) is 20.7. The first-order valence-electron chi connectivity index (χ1n) is 10.5. The van der Waals surface area contributed by atoms with Gasteiger partial charge in [0.15, 0.2) is 5.82 Å². The molecule has 1 unspecified atom stereocenters. The summed E-state index contributed by atoms with van der Waals surface area (Å²) in [5, 5.41) is 8.05. The van der Waals surface area contributed by atoms with E-state index in [2.05, 4.69) is 25.4 Å². The van der Waals surface area contributed by atoms with Crippen molar-refractivity contribution < 1.29 is 8.78 Å². The van der Waals surface area contributed by atoms with Gasteiger partial charge in [0.25, 0.3) is 0 Å². The summed E-state index contributed by atoms with van der Waals surface area (Å²) in [5.74, 6) is 0.786. The summed E-state index contributed by atoms with van der Waals surface area (Å²) in [5.41, 5.74) is 4.10. The Morgan fingerprint density at radius 3 is 2.80 bits per heavy atom. The van der Waals surface area contributed by atoms with Gasteiger partial charge in [-0.05, 0) is 31.9 Å². The molecule has 1 atom stereocenters. The Hall–Kier alpha value is -2.90. The molecule has 3 aromatic heterocycles. The summed E-state index contributed by atoms with van der Waals surface area (Å²) in [7, 11) is 0. The molecule has 1 aliphatic heterocycles. The molecule has 0 bridgehead atoms. The Bertz CT molecular complexity index is 1100. The minimum absolute atomic E-state index is 0.233. The van der Waals surface area contributed by atoms with Crippen molar-refractivity contribution in [1.29, 1.82) is 0 Å². The van der Waals surface area contributed by atoms with Gasteiger partial charge in [-0.3, -0.25) is 0 Å². The second-order valence-corrected chi connectivity index (χ2v) is 8.19. The van der Waals surface area contributed by atoms with Crippen molar-refractivity contribution in [2.24, 2.45) is 4.99 Å². The highest BCUT2D eigenvalue weighted by molar-refractivity contribution is 5.96. The SMILES string of the molecule is CC1=Nc2ncc(-c3ccn4nc(NC5CCCCC5)ncc34)cc2C1CC(F)F. The predicted molar refractivity (Wildman–Crippen MR) is 113 cm³/mol. The van der Waals surface area contributed by atoms with Crippen LogP contribution in [0.15, 0.2) is 35.7 Å². The number of anilines is 1. The number of hydrogen-bond donors (Lipinski definition) is 1. The lowest BCUT2D eigenvalue weighted by Gasteiger charge is -2.22. The number of nitrogens with zero attached hydrogens (tertiary/aromatic N) is 5. The fourth-order valence-electron chi connectivity index (χ4n) is 4.56. The zero-order valence-electron chi connectivity index (χ0n) is 16.9. The molecule has 1 aliphatic carbocycles. The normalized spacial score (nSPS) is 19.3. The van der Waals surface area contributed by atoms with Crippen LogP contribution in [-0.4, -0.2) is 37.8 Å². The van der Waals surface area contributed by atoms with E-state index >= 15 is 0 Å². The van der Waals surface area contributed by atoms with Crippen molar-refractivity contribution in [3.8, 4) is 11.1 Å². The van der Waals surface area contributed by atoms with Crippen LogP contribution < -0.4 is 5.32 Å². The number of pyridine rings is 1. The molecule has 5 rings (SSSR count). The van der Waals surface area contributed by atoms with Gasteiger partial charge < -0.3 is 5.32 Å². The van der Waals surface area contributed by atoms with Crippen LogP contribution in [0.4, 0.5) is 20.5 Å². The molecule has 3 aromatic rings. The molecule has 0 saturated heterocycles. The van der Waals surface area contributed by atoms with Crippen LogP contribution in [0.1, 0.15) is 56.9 Å². The number of halogens is 2. The first kappa shape index (κ1) is 19.1. The van der Waals surface area contributed by atoms with Crippen molar-refractivity contribution in [2.75, 3.05) is 5.32 Å². The molecule has 8 heteroatoms. The molecule has 0 radical (unpaired) electrons. The summed E-state index contributed by atoms with van der Waals surface area (Å²) in [6.07, 6.45) is 8.92. The third-order valence-corrected chi connectivity index (χ3v) is 6.14. The van der Waals surface area contributed by atoms with E-state index in [9.17, 15) is 8.78 Å². The van der Waals surface area contributed by atoms with Gasteiger partial charge in [-0.15, -0.1) is 5.10 Å². The van der Waals surface area contributed by atoms with Crippen LogP contribution in [0, 0.1) is 0 Å². The predicted octanol–water partition coefficient (Wildman–Crippen LogP) is 5.38. The lowest BCUT2D eigenvalue weighted by molar-refractivity contribution is 0.135. The fraction of sp³-hybridized carbons (Fsp3) is 0.455. The highest BCUT2D eigenvalue weighted by Crippen LogP contribution is 2.40. The van der Waals surface area contributed by atoms with Crippen LogP contribution in [0.25, 0.3) is 16.6 Å². The quantitative estimate of drug-likeness (QED) is 0.613. The number of hydrogen-bond acceptors (Lipinski definition) is 5. The van der Waals surface area contributed by atoms with Crippen LogP contribution in [0.3, 0.4) is 0 Å². The van der Waals surface area contributed by atoms with Gasteiger partial charge in [0.05, 0.1) is 11.7 Å². The number of fused-ring (bicyclic) bond motifs is 2. The van der Waals surface area contributed by atoms with E-state index in [1.165, 1.54) is 19.3 Å². The summed E-state index contributed by atoms with van der Waals surface area (Å²) in [6, 6.07) is 4.32. The Kier molecular flexibility index (Phi) is 4.92. The molecule has 6 nitrogen and oxygen atoms in total. The van der Waals surface area contributed by atoms with E-state index in [4.69, 9.17) is 0 Å². The van der Waals surface area contributed by atoms with Gasteiger partial charge >= 0.3 is 0 Å². The summed E-state index contributed by atoms with van der Waals surface area (Å²) >= 11 is 0. The first-order valence-corrected chi connectivity index (χ1v) is 10.5. The molecule has 4 heterocycles. The third-order valence-electron chi connectivity index (χ3n) is 6.14. The highest BCUT2D eigenvalue weighted by Gasteiger charge is 2.29. The van der Waals surface area contributed by atoms with Crippen LogP contribution >= 0.6 is 0 Å². The van der Waals surface area contributed by atoms with Crippen molar-refractivity contribution in [3.05, 3.63) is 36.3 Å². The molecular weight excluding hydrogens is 386 g/mol. The average molecular weight is 410 g/mol. The maximum atomic E-state index is 13.0. The number of alkyl halides is 2. The largest absolute Gasteiger partial charge is 0.350 e. The number of aromatic nitrogens is 4. The van der Waals surface area contributed by atoms with E-state index < -0.39 is 6.43 Å². The van der Waals surface area contributed by atoms with Crippen molar-refractivity contribution >= 4 is 23.0 Å². The molecule has 2 aliphatic rings. The second-order valence-electron chi connectivity index (χ2n) is 8.19. The third kappa shape index (κ3) is 3.55. The molecule has 30 heavy (non-hydrogen) atoms. The molecular formula is C22H24F2N6. The molecule has 156 valence electrons. The Labute approximate surface area is 173 Å². The van der Waals surface area contributed by atoms with Gasteiger partial charge in [-0.1, -0.05) is 19.3 Å². The standard InChI is InChI=1S/C22H24F2N6/c1-13-17(10-20(23)24)18-9-14(11-25-21(18)27-13)16-7-8-30-19(16)12-26-22(29-30)28-15-5-3-2-4-6-15/h7-9,11-12,15,17,20H,2-6,10H2,1H3,(H,28,29). The average Bonchev–Trinajstić information content (AvgIpc) is 3.29. The fourth-order valence-corrected chi connectivity index (χ4v) is 4.56. The lowest BCUT2D eigenvalue weighted by atomic mass is 9.93. The van der Waals surface area contributed by atoms with Crippen molar-refractivity contribution in [3.63, 3.8) is 0 Å². The summed E-state index contributed by atoms with van der Waals surface area (Å²) < 4.78 is 27.9. The molecule has 1 saturated carbocycles. The Morgan fingerprint density at radius 1 is 1.17 bits per heavy atom. The van der Waals surface area contributed by atoms with Crippen molar-refractivity contribution in [1.82, 2.24) is 19.6 Å². The minimum atomic E-state index is -2.38. The van der Waals surface area contributed by atoms with Crippen LogP contribution in [-0.2, 0) is 0 Å². The first-order chi connectivity index (χ1) is 14.6. The topological polar surface area (TPSA) is 67.5 Å².